The van der Waals surface area contributed by atoms with Crippen LogP contribution in [0.25, 0.3) is 0 Å². The Kier molecular flexibility index (Phi) is 4.31. The molecule has 1 aliphatic rings. The Bertz CT molecular complexity index is 289. The summed E-state index contributed by atoms with van der Waals surface area (Å²) in [6, 6.07) is 2.23. The molecule has 1 aliphatic carbocycles. The quantitative estimate of drug-likeness (QED) is 0.734. The lowest BCUT2D eigenvalue weighted by atomic mass is 9.98. The van der Waals surface area contributed by atoms with Crippen LogP contribution in [-0.4, -0.2) is 36.0 Å². The number of nitriles is 1. The number of nitrogens with zero attached hydrogens (tertiary/aromatic N) is 2. The predicted molar refractivity (Wildman–Crippen MR) is 62.7 cm³/mol. The summed E-state index contributed by atoms with van der Waals surface area (Å²) >= 11 is 0. The highest BCUT2D eigenvalue weighted by Crippen LogP contribution is 2.39. The van der Waals surface area contributed by atoms with Crippen LogP contribution in [0.3, 0.4) is 0 Å². The van der Waals surface area contributed by atoms with Gasteiger partial charge in [0.1, 0.15) is 5.54 Å². The molecule has 0 spiro atoms. The van der Waals surface area contributed by atoms with Crippen LogP contribution in [0, 0.1) is 17.2 Å². The van der Waals surface area contributed by atoms with Crippen molar-refractivity contribution < 1.29 is 4.79 Å². The Labute approximate surface area is 97.6 Å². The molecule has 1 atom stereocenters. The Morgan fingerprint density at radius 2 is 2.06 bits per heavy atom. The van der Waals surface area contributed by atoms with Gasteiger partial charge < -0.3 is 5.32 Å². The molecule has 0 aromatic carbocycles. The normalized spacial score (nSPS) is 18.9. The first-order valence-electron chi connectivity index (χ1n) is 6.00. The Morgan fingerprint density at radius 1 is 1.50 bits per heavy atom. The summed E-state index contributed by atoms with van der Waals surface area (Å²) in [6.07, 6.45) is 2.10. The molecule has 1 fully saturated rings. The van der Waals surface area contributed by atoms with Gasteiger partial charge in [-0.1, -0.05) is 13.8 Å². The van der Waals surface area contributed by atoms with Crippen molar-refractivity contribution in [2.45, 2.75) is 39.2 Å². The number of carbonyl (C=O) groups excluding carboxylic acids is 1. The number of hydrogen-bond acceptors (Lipinski definition) is 3. The highest BCUT2D eigenvalue weighted by Gasteiger charge is 2.42. The van der Waals surface area contributed by atoms with Gasteiger partial charge in [-0.2, -0.15) is 5.26 Å². The van der Waals surface area contributed by atoms with Crippen molar-refractivity contribution >= 4 is 5.91 Å². The Balaban J connectivity index is 2.46. The summed E-state index contributed by atoms with van der Waals surface area (Å²) < 4.78 is 0. The van der Waals surface area contributed by atoms with Gasteiger partial charge in [0.25, 0.3) is 0 Å². The Morgan fingerprint density at radius 3 is 2.44 bits per heavy atom. The fraction of sp³-hybridized carbons (Fsp3) is 0.833. The Hall–Kier alpha value is -1.08. The second kappa shape index (κ2) is 5.31. The maximum absolute atomic E-state index is 11.8. The third kappa shape index (κ3) is 3.21. The third-order valence-corrected chi connectivity index (χ3v) is 3.29. The smallest absolute Gasteiger partial charge is 0.235 e. The molecule has 0 aromatic rings. The SMILES string of the molecule is CCN(CC)CC(=O)N[C@@](C)(C#N)C1CC1. The van der Waals surface area contributed by atoms with E-state index in [0.29, 0.717) is 12.5 Å². The van der Waals surface area contributed by atoms with E-state index in [9.17, 15) is 4.79 Å². The average molecular weight is 223 g/mol. The average Bonchev–Trinajstić information content (AvgIpc) is 3.09. The second-order valence-corrected chi connectivity index (χ2v) is 4.60. The van der Waals surface area contributed by atoms with E-state index in [1.165, 1.54) is 0 Å². The number of nitrogens with one attached hydrogen (secondary N) is 1. The van der Waals surface area contributed by atoms with Gasteiger partial charge in [0.2, 0.25) is 5.91 Å². The molecule has 16 heavy (non-hydrogen) atoms. The van der Waals surface area contributed by atoms with E-state index in [-0.39, 0.29) is 5.91 Å². The monoisotopic (exact) mass is 223 g/mol. The third-order valence-electron chi connectivity index (χ3n) is 3.29. The number of carbonyl (C=O) groups is 1. The first-order valence-corrected chi connectivity index (χ1v) is 6.00. The molecule has 0 heterocycles. The standard InChI is InChI=1S/C12H21N3O/c1-4-15(5-2)8-11(16)14-12(3,9-13)10-6-7-10/h10H,4-8H2,1-3H3,(H,14,16)/t12-/m0/s1. The van der Waals surface area contributed by atoms with Gasteiger partial charge in [-0.25, -0.2) is 0 Å². The predicted octanol–water partition coefficient (Wildman–Crippen LogP) is 1.14. The molecule has 1 rings (SSSR count). The van der Waals surface area contributed by atoms with E-state index in [2.05, 4.69) is 11.4 Å². The molecule has 0 bridgehead atoms. The lowest BCUT2D eigenvalue weighted by molar-refractivity contribution is -0.123. The maximum Gasteiger partial charge on any atom is 0.235 e. The molecule has 0 radical (unpaired) electrons. The maximum atomic E-state index is 11.8. The zero-order valence-electron chi connectivity index (χ0n) is 10.4. The van der Waals surface area contributed by atoms with Gasteiger partial charge in [-0.15, -0.1) is 0 Å². The van der Waals surface area contributed by atoms with E-state index in [1.807, 2.05) is 25.7 Å². The highest BCUT2D eigenvalue weighted by atomic mass is 16.2. The first-order chi connectivity index (χ1) is 7.55. The minimum atomic E-state index is -0.662. The zero-order valence-corrected chi connectivity index (χ0v) is 10.4. The highest BCUT2D eigenvalue weighted by molar-refractivity contribution is 5.79. The largest absolute Gasteiger partial charge is 0.337 e. The molecule has 1 N–H and O–H groups in total. The number of hydrogen-bond donors (Lipinski definition) is 1. The summed E-state index contributed by atoms with van der Waals surface area (Å²) in [5.41, 5.74) is -0.662. The minimum absolute atomic E-state index is 0.0420. The van der Waals surface area contributed by atoms with Crippen molar-refractivity contribution in [3.8, 4) is 6.07 Å². The molecule has 0 saturated heterocycles. The van der Waals surface area contributed by atoms with Crippen molar-refractivity contribution in [3.63, 3.8) is 0 Å². The van der Waals surface area contributed by atoms with Gasteiger partial charge in [0, 0.05) is 0 Å². The van der Waals surface area contributed by atoms with Crippen molar-refractivity contribution in [1.29, 1.82) is 5.26 Å². The van der Waals surface area contributed by atoms with Crippen LogP contribution in [-0.2, 0) is 4.79 Å². The number of amides is 1. The van der Waals surface area contributed by atoms with E-state index >= 15 is 0 Å². The van der Waals surface area contributed by atoms with Crippen LogP contribution < -0.4 is 5.32 Å². The van der Waals surface area contributed by atoms with Gasteiger partial charge in [-0.3, -0.25) is 9.69 Å². The van der Waals surface area contributed by atoms with Crippen LogP contribution in [0.5, 0.6) is 0 Å². The van der Waals surface area contributed by atoms with Crippen molar-refractivity contribution in [2.24, 2.45) is 5.92 Å². The minimum Gasteiger partial charge on any atom is -0.337 e. The second-order valence-electron chi connectivity index (χ2n) is 4.60. The summed E-state index contributed by atoms with van der Waals surface area (Å²) in [5, 5.41) is 12.0. The van der Waals surface area contributed by atoms with Gasteiger partial charge in [-0.05, 0) is 38.8 Å². The summed E-state index contributed by atoms with van der Waals surface area (Å²) in [5.74, 6) is 0.304. The van der Waals surface area contributed by atoms with Gasteiger partial charge in [0.15, 0.2) is 0 Å². The van der Waals surface area contributed by atoms with Crippen LogP contribution in [0.2, 0.25) is 0 Å². The van der Waals surface area contributed by atoms with Crippen molar-refractivity contribution in [2.75, 3.05) is 19.6 Å². The molecule has 0 aromatic heterocycles. The van der Waals surface area contributed by atoms with Crippen LogP contribution in [0.4, 0.5) is 0 Å². The molecule has 4 nitrogen and oxygen atoms in total. The van der Waals surface area contributed by atoms with E-state index in [0.717, 1.165) is 25.9 Å². The van der Waals surface area contributed by atoms with E-state index < -0.39 is 5.54 Å². The topological polar surface area (TPSA) is 56.1 Å². The van der Waals surface area contributed by atoms with Crippen molar-refractivity contribution in [3.05, 3.63) is 0 Å². The van der Waals surface area contributed by atoms with Crippen molar-refractivity contribution in [1.82, 2.24) is 10.2 Å². The molecule has 90 valence electrons. The molecule has 1 saturated carbocycles. The van der Waals surface area contributed by atoms with E-state index in [4.69, 9.17) is 5.26 Å². The molecule has 4 heteroatoms. The van der Waals surface area contributed by atoms with Crippen LogP contribution in [0.15, 0.2) is 0 Å². The summed E-state index contributed by atoms with van der Waals surface area (Å²) in [6.45, 7) is 7.98. The van der Waals surface area contributed by atoms with E-state index in [1.54, 1.807) is 0 Å². The van der Waals surface area contributed by atoms with Gasteiger partial charge in [0.05, 0.1) is 12.6 Å². The van der Waals surface area contributed by atoms with Gasteiger partial charge >= 0.3 is 0 Å². The molecule has 0 aliphatic heterocycles. The number of rotatable bonds is 6. The fourth-order valence-corrected chi connectivity index (χ4v) is 1.86. The molecular formula is C12H21N3O. The van der Waals surface area contributed by atoms with Crippen LogP contribution in [0.1, 0.15) is 33.6 Å². The molecular weight excluding hydrogens is 202 g/mol. The fourth-order valence-electron chi connectivity index (χ4n) is 1.86. The summed E-state index contributed by atoms with van der Waals surface area (Å²) in [7, 11) is 0. The summed E-state index contributed by atoms with van der Waals surface area (Å²) in [4.78, 5) is 13.8. The zero-order chi connectivity index (χ0) is 12.2. The van der Waals surface area contributed by atoms with Crippen LogP contribution >= 0.6 is 0 Å². The number of likely N-dealkylation sites (N-methyl/N-ethyl adjacent to an activating group) is 1. The lowest BCUT2D eigenvalue weighted by Gasteiger charge is -2.25. The molecule has 1 amide bonds. The first kappa shape index (κ1) is 13.0. The molecule has 0 unspecified atom stereocenters. The lowest BCUT2D eigenvalue weighted by Crippen LogP contribution is -2.50.